The number of fused-ring (bicyclic) bond motifs is 1. The number of amides is 2. The number of halogens is 1. The number of benzene rings is 1. The first-order valence-corrected chi connectivity index (χ1v) is 11.0. The van der Waals surface area contributed by atoms with Crippen LogP contribution in [0.15, 0.2) is 34.7 Å². The Balaban J connectivity index is 1.19. The molecule has 1 aromatic carbocycles. The van der Waals surface area contributed by atoms with E-state index in [-0.39, 0.29) is 34.7 Å². The van der Waals surface area contributed by atoms with Crippen LogP contribution in [-0.2, 0) is 9.59 Å². The van der Waals surface area contributed by atoms with Gasteiger partial charge in [0.2, 0.25) is 11.8 Å². The summed E-state index contributed by atoms with van der Waals surface area (Å²) in [5, 5.41) is 6.83. The molecular formula is C23H27ClN2O3. The van der Waals surface area contributed by atoms with E-state index < -0.39 is 0 Å². The zero-order chi connectivity index (χ0) is 20.2. The van der Waals surface area contributed by atoms with Gasteiger partial charge in [-0.15, -0.1) is 11.6 Å². The van der Waals surface area contributed by atoms with Crippen molar-refractivity contribution in [1.29, 1.82) is 0 Å². The Bertz CT molecular complexity index is 921. The van der Waals surface area contributed by atoms with Crippen LogP contribution in [0, 0.1) is 17.3 Å². The minimum absolute atomic E-state index is 0.00293. The molecule has 4 saturated carbocycles. The monoisotopic (exact) mass is 414 g/mol. The van der Waals surface area contributed by atoms with Crippen molar-refractivity contribution in [2.45, 2.75) is 56.4 Å². The Morgan fingerprint density at radius 1 is 1.21 bits per heavy atom. The van der Waals surface area contributed by atoms with E-state index in [9.17, 15) is 9.59 Å². The molecule has 0 radical (unpaired) electrons. The molecule has 4 aliphatic rings. The molecule has 5 atom stereocenters. The number of para-hydroxylation sites is 1. The number of carbonyl (C=O) groups excluding carboxylic acids is 2. The number of furan rings is 1. The SMILES string of the molecule is C[C@@H](NC(=O)CNC(=O)C12C[C@@H]3C[C@@H](CC(Cl)(C3)C1)C2)c1cc2ccccc2o1. The summed E-state index contributed by atoms with van der Waals surface area (Å²) in [6.45, 7) is 1.86. The van der Waals surface area contributed by atoms with Crippen molar-refractivity contribution in [1.82, 2.24) is 10.6 Å². The molecule has 29 heavy (non-hydrogen) atoms. The van der Waals surface area contributed by atoms with Gasteiger partial charge in [0.25, 0.3) is 0 Å². The minimum atomic E-state index is -0.379. The third kappa shape index (κ3) is 3.43. The summed E-state index contributed by atoms with van der Waals surface area (Å²) in [4.78, 5) is 25.3. The first-order chi connectivity index (χ1) is 13.8. The van der Waals surface area contributed by atoms with Crippen LogP contribution in [-0.4, -0.2) is 23.2 Å². The standard InChI is InChI=1S/C23H27ClN2O3/c1-14(19-7-17-4-2-3-5-18(17)29-19)26-20(27)12-25-21(28)22-8-15-6-16(9-22)11-23(24,10-15)13-22/h2-5,7,14-16H,6,8-13H2,1H3,(H,25,28)(H,26,27)/t14-,15-,16+,22?,23?/m1/s1. The van der Waals surface area contributed by atoms with Gasteiger partial charge in [0, 0.05) is 10.3 Å². The topological polar surface area (TPSA) is 71.3 Å². The lowest BCUT2D eigenvalue weighted by Crippen LogP contribution is -2.59. The van der Waals surface area contributed by atoms with Gasteiger partial charge in [-0.1, -0.05) is 18.2 Å². The highest BCUT2D eigenvalue weighted by Gasteiger charge is 2.60. The number of rotatable bonds is 5. The summed E-state index contributed by atoms with van der Waals surface area (Å²) in [7, 11) is 0. The van der Waals surface area contributed by atoms with Crippen molar-refractivity contribution in [3.63, 3.8) is 0 Å². The molecule has 4 aliphatic carbocycles. The van der Waals surface area contributed by atoms with Crippen LogP contribution < -0.4 is 10.6 Å². The molecule has 2 N–H and O–H groups in total. The summed E-state index contributed by atoms with van der Waals surface area (Å²) in [6.07, 6.45) is 5.86. The lowest BCUT2D eigenvalue weighted by molar-refractivity contribution is -0.145. The van der Waals surface area contributed by atoms with Crippen molar-refractivity contribution in [3.8, 4) is 0 Å². The van der Waals surface area contributed by atoms with Crippen LogP contribution in [0.3, 0.4) is 0 Å². The first kappa shape index (κ1) is 19.0. The first-order valence-electron chi connectivity index (χ1n) is 10.6. The zero-order valence-electron chi connectivity index (χ0n) is 16.7. The Hall–Kier alpha value is -2.01. The van der Waals surface area contributed by atoms with Crippen LogP contribution in [0.2, 0.25) is 0 Å². The van der Waals surface area contributed by atoms with Crippen molar-refractivity contribution < 1.29 is 14.0 Å². The number of nitrogens with one attached hydrogen (secondary N) is 2. The highest BCUT2D eigenvalue weighted by atomic mass is 35.5. The molecule has 154 valence electrons. The van der Waals surface area contributed by atoms with E-state index in [1.165, 1.54) is 6.42 Å². The molecule has 0 aliphatic heterocycles. The fourth-order valence-electron chi connectivity index (χ4n) is 6.34. The number of carbonyl (C=O) groups is 2. The fourth-order valence-corrected chi connectivity index (χ4v) is 7.04. The third-order valence-corrected chi connectivity index (χ3v) is 7.57. The molecule has 6 rings (SSSR count). The number of alkyl halides is 1. The zero-order valence-corrected chi connectivity index (χ0v) is 17.4. The maximum absolute atomic E-state index is 13.0. The van der Waals surface area contributed by atoms with Crippen LogP contribution in [0.25, 0.3) is 11.0 Å². The average Bonchev–Trinajstić information content (AvgIpc) is 3.08. The van der Waals surface area contributed by atoms with Gasteiger partial charge in [-0.2, -0.15) is 0 Å². The largest absolute Gasteiger partial charge is 0.459 e. The lowest BCUT2D eigenvalue weighted by Gasteiger charge is -2.59. The Morgan fingerprint density at radius 2 is 1.93 bits per heavy atom. The van der Waals surface area contributed by atoms with Gasteiger partial charge in [-0.3, -0.25) is 9.59 Å². The smallest absolute Gasteiger partial charge is 0.239 e. The molecule has 1 heterocycles. The highest BCUT2D eigenvalue weighted by Crippen LogP contribution is 2.63. The second kappa shape index (κ2) is 6.76. The summed E-state index contributed by atoms with van der Waals surface area (Å²) in [5.74, 6) is 1.61. The van der Waals surface area contributed by atoms with Crippen LogP contribution in [0.4, 0.5) is 0 Å². The molecule has 0 saturated heterocycles. The van der Waals surface area contributed by atoms with E-state index in [1.54, 1.807) is 0 Å². The average molecular weight is 415 g/mol. The molecule has 2 amide bonds. The molecule has 4 fully saturated rings. The highest BCUT2D eigenvalue weighted by molar-refractivity contribution is 6.24. The quantitative estimate of drug-likeness (QED) is 0.716. The van der Waals surface area contributed by atoms with Gasteiger partial charge < -0.3 is 15.1 Å². The predicted molar refractivity (Wildman–Crippen MR) is 111 cm³/mol. The Kier molecular flexibility index (Phi) is 4.43. The van der Waals surface area contributed by atoms with Gasteiger partial charge >= 0.3 is 0 Å². The minimum Gasteiger partial charge on any atom is -0.459 e. The van der Waals surface area contributed by atoms with Gasteiger partial charge in [-0.05, 0) is 69.4 Å². The summed E-state index contributed by atoms with van der Waals surface area (Å²) in [6, 6.07) is 9.43. The third-order valence-electron chi connectivity index (χ3n) is 7.13. The molecule has 2 aromatic rings. The molecule has 1 aromatic heterocycles. The molecule has 5 nitrogen and oxygen atoms in total. The summed E-state index contributed by atoms with van der Waals surface area (Å²) < 4.78 is 5.82. The summed E-state index contributed by atoms with van der Waals surface area (Å²) in [5.41, 5.74) is 0.421. The Labute approximate surface area is 175 Å². The fraction of sp³-hybridized carbons (Fsp3) is 0.565. The number of hydrogen-bond acceptors (Lipinski definition) is 3. The van der Waals surface area contributed by atoms with Crippen molar-refractivity contribution in [2.24, 2.45) is 17.3 Å². The van der Waals surface area contributed by atoms with Crippen molar-refractivity contribution in [3.05, 3.63) is 36.1 Å². The summed E-state index contributed by atoms with van der Waals surface area (Å²) >= 11 is 6.83. The van der Waals surface area contributed by atoms with Crippen LogP contribution in [0.5, 0.6) is 0 Å². The molecule has 0 spiro atoms. The van der Waals surface area contributed by atoms with Gasteiger partial charge in [0.15, 0.2) is 0 Å². The van der Waals surface area contributed by atoms with E-state index in [0.29, 0.717) is 17.6 Å². The van der Waals surface area contributed by atoms with E-state index in [0.717, 1.165) is 43.1 Å². The molecular weight excluding hydrogens is 388 g/mol. The van der Waals surface area contributed by atoms with Crippen molar-refractivity contribution in [2.75, 3.05) is 6.54 Å². The van der Waals surface area contributed by atoms with Gasteiger partial charge in [-0.25, -0.2) is 0 Å². The molecule has 4 bridgehead atoms. The second-order valence-corrected chi connectivity index (χ2v) is 10.4. The second-order valence-electron chi connectivity index (χ2n) is 9.55. The van der Waals surface area contributed by atoms with E-state index >= 15 is 0 Å². The molecule has 6 heteroatoms. The number of hydrogen-bond donors (Lipinski definition) is 2. The van der Waals surface area contributed by atoms with Crippen molar-refractivity contribution >= 4 is 34.4 Å². The van der Waals surface area contributed by atoms with Crippen LogP contribution >= 0.6 is 11.6 Å². The van der Waals surface area contributed by atoms with Gasteiger partial charge in [0.05, 0.1) is 18.0 Å². The Morgan fingerprint density at radius 3 is 2.62 bits per heavy atom. The predicted octanol–water partition coefficient (Wildman–Crippen LogP) is 4.30. The van der Waals surface area contributed by atoms with E-state index in [1.807, 2.05) is 37.3 Å². The van der Waals surface area contributed by atoms with Crippen LogP contribution in [0.1, 0.15) is 57.3 Å². The maximum atomic E-state index is 13.0. The van der Waals surface area contributed by atoms with Gasteiger partial charge in [0.1, 0.15) is 11.3 Å². The van der Waals surface area contributed by atoms with E-state index in [2.05, 4.69) is 10.6 Å². The maximum Gasteiger partial charge on any atom is 0.239 e. The molecule has 2 unspecified atom stereocenters. The normalized spacial score (nSPS) is 33.6. The lowest BCUT2D eigenvalue weighted by atomic mass is 9.49. The van der Waals surface area contributed by atoms with E-state index in [4.69, 9.17) is 16.0 Å².